The van der Waals surface area contributed by atoms with Crippen molar-refractivity contribution >= 4 is 5.91 Å². The van der Waals surface area contributed by atoms with Crippen molar-refractivity contribution in [3.05, 3.63) is 0 Å². The number of likely N-dealkylation sites (tertiary alicyclic amines) is 1. The van der Waals surface area contributed by atoms with Gasteiger partial charge in [-0.2, -0.15) is 0 Å². The average molecular weight is 199 g/mol. The molecule has 0 bridgehead atoms. The Kier molecular flexibility index (Phi) is 3.03. The lowest BCUT2D eigenvalue weighted by atomic mass is 10.2. The number of carbonyl (C=O) groups is 1. The van der Waals surface area contributed by atoms with Crippen molar-refractivity contribution in [2.24, 2.45) is 0 Å². The summed E-state index contributed by atoms with van der Waals surface area (Å²) in [6.07, 6.45) is 3.52. The van der Waals surface area contributed by atoms with E-state index >= 15 is 0 Å². The first-order valence-electron chi connectivity index (χ1n) is 5.36. The van der Waals surface area contributed by atoms with E-state index in [0.29, 0.717) is 6.61 Å². The molecule has 14 heavy (non-hydrogen) atoms. The molecule has 2 atom stereocenters. The summed E-state index contributed by atoms with van der Waals surface area (Å²) in [6, 6.07) is 0.0340. The molecule has 0 aromatic carbocycles. The Morgan fingerprint density at radius 1 is 1.43 bits per heavy atom. The molecule has 2 aliphatic rings. The topological polar surface area (TPSA) is 49.8 Å². The van der Waals surface area contributed by atoms with Crippen LogP contribution in [0.25, 0.3) is 0 Å². The van der Waals surface area contributed by atoms with E-state index in [2.05, 4.69) is 0 Å². The predicted molar refractivity (Wildman–Crippen MR) is 50.8 cm³/mol. The van der Waals surface area contributed by atoms with Gasteiger partial charge in [-0.3, -0.25) is 4.79 Å². The third-order valence-corrected chi connectivity index (χ3v) is 3.08. The smallest absolute Gasteiger partial charge is 0.252 e. The number of hydrogen-bond acceptors (Lipinski definition) is 3. The predicted octanol–water partition coefficient (Wildman–Crippen LogP) is 0.149. The van der Waals surface area contributed by atoms with Crippen LogP contribution in [0, 0.1) is 0 Å². The Hall–Kier alpha value is -0.610. The first kappa shape index (κ1) is 9.93. The van der Waals surface area contributed by atoms with E-state index < -0.39 is 0 Å². The molecule has 0 saturated carbocycles. The van der Waals surface area contributed by atoms with Gasteiger partial charge in [0.25, 0.3) is 5.91 Å². The van der Waals surface area contributed by atoms with Gasteiger partial charge in [-0.15, -0.1) is 0 Å². The van der Waals surface area contributed by atoms with Gasteiger partial charge in [0, 0.05) is 13.2 Å². The maximum atomic E-state index is 11.9. The molecule has 0 spiro atoms. The number of ether oxygens (including phenoxy) is 1. The zero-order chi connectivity index (χ0) is 9.97. The molecule has 0 aromatic rings. The maximum absolute atomic E-state index is 11.9. The lowest BCUT2D eigenvalue weighted by Crippen LogP contribution is -2.43. The minimum Gasteiger partial charge on any atom is -0.394 e. The van der Waals surface area contributed by atoms with Gasteiger partial charge in [-0.05, 0) is 25.7 Å². The number of rotatable bonds is 2. The van der Waals surface area contributed by atoms with Crippen molar-refractivity contribution in [3.63, 3.8) is 0 Å². The van der Waals surface area contributed by atoms with Crippen molar-refractivity contribution in [2.75, 3.05) is 19.8 Å². The largest absolute Gasteiger partial charge is 0.394 e. The molecule has 1 N–H and O–H groups in total. The Morgan fingerprint density at radius 3 is 2.93 bits per heavy atom. The fraction of sp³-hybridized carbons (Fsp3) is 0.900. The Morgan fingerprint density at radius 2 is 2.29 bits per heavy atom. The third kappa shape index (κ3) is 1.77. The summed E-state index contributed by atoms with van der Waals surface area (Å²) in [4.78, 5) is 13.7. The highest BCUT2D eigenvalue weighted by Crippen LogP contribution is 2.22. The molecule has 0 aromatic heterocycles. The number of carbonyl (C=O) groups excluding carboxylic acids is 1. The highest BCUT2D eigenvalue weighted by Gasteiger charge is 2.34. The number of hydrogen-bond donors (Lipinski definition) is 1. The standard InChI is InChI=1S/C10H17NO3/c12-7-8-3-1-5-11(8)10(13)9-4-2-6-14-9/h8-9,12H,1-7H2/t8-,9-/m1/s1. The van der Waals surface area contributed by atoms with Crippen LogP contribution in [0.15, 0.2) is 0 Å². The van der Waals surface area contributed by atoms with E-state index in [1.54, 1.807) is 4.90 Å². The molecule has 4 nitrogen and oxygen atoms in total. The Labute approximate surface area is 83.8 Å². The fourth-order valence-electron chi connectivity index (χ4n) is 2.27. The minimum atomic E-state index is -0.234. The van der Waals surface area contributed by atoms with Gasteiger partial charge >= 0.3 is 0 Å². The van der Waals surface area contributed by atoms with Gasteiger partial charge in [-0.1, -0.05) is 0 Å². The van der Waals surface area contributed by atoms with Crippen LogP contribution in [0.1, 0.15) is 25.7 Å². The van der Waals surface area contributed by atoms with Crippen LogP contribution in [0.5, 0.6) is 0 Å². The van der Waals surface area contributed by atoms with E-state index in [0.717, 1.165) is 32.2 Å². The van der Waals surface area contributed by atoms with Crippen LogP contribution in [0.4, 0.5) is 0 Å². The number of aliphatic hydroxyl groups excluding tert-OH is 1. The van der Waals surface area contributed by atoms with Crippen LogP contribution >= 0.6 is 0 Å². The van der Waals surface area contributed by atoms with E-state index in [4.69, 9.17) is 9.84 Å². The first-order chi connectivity index (χ1) is 6.83. The second-order valence-electron chi connectivity index (χ2n) is 4.01. The van der Waals surface area contributed by atoms with Gasteiger partial charge in [-0.25, -0.2) is 0 Å². The average Bonchev–Trinajstić information content (AvgIpc) is 2.87. The Bertz CT molecular complexity index is 213. The Balaban J connectivity index is 1.95. The van der Waals surface area contributed by atoms with Crippen molar-refractivity contribution in [1.82, 2.24) is 4.90 Å². The van der Waals surface area contributed by atoms with Crippen molar-refractivity contribution < 1.29 is 14.6 Å². The first-order valence-corrected chi connectivity index (χ1v) is 5.36. The van der Waals surface area contributed by atoms with Crippen LogP contribution in [0.3, 0.4) is 0 Å². The highest BCUT2D eigenvalue weighted by molar-refractivity contribution is 5.81. The molecule has 0 radical (unpaired) electrons. The SMILES string of the molecule is O=C([C@H]1CCCO1)N1CCC[C@@H]1CO. The van der Waals surface area contributed by atoms with Crippen LogP contribution in [-0.2, 0) is 9.53 Å². The van der Waals surface area contributed by atoms with Crippen LogP contribution in [-0.4, -0.2) is 47.8 Å². The zero-order valence-electron chi connectivity index (χ0n) is 8.32. The lowest BCUT2D eigenvalue weighted by molar-refractivity contribution is -0.142. The van der Waals surface area contributed by atoms with Crippen molar-refractivity contribution in [1.29, 1.82) is 0 Å². The summed E-state index contributed by atoms with van der Waals surface area (Å²) in [5.74, 6) is 0.0825. The van der Waals surface area contributed by atoms with E-state index in [1.165, 1.54) is 0 Å². The second-order valence-corrected chi connectivity index (χ2v) is 4.01. The lowest BCUT2D eigenvalue weighted by Gasteiger charge is -2.25. The van der Waals surface area contributed by atoms with Crippen molar-refractivity contribution in [3.8, 4) is 0 Å². The minimum absolute atomic E-state index is 0.0340. The monoisotopic (exact) mass is 199 g/mol. The number of amides is 1. The van der Waals surface area contributed by atoms with E-state index in [-0.39, 0.29) is 24.7 Å². The summed E-state index contributed by atoms with van der Waals surface area (Å²) in [7, 11) is 0. The molecule has 1 amide bonds. The molecule has 2 saturated heterocycles. The van der Waals surface area contributed by atoms with Crippen molar-refractivity contribution in [2.45, 2.75) is 37.8 Å². The van der Waals surface area contributed by atoms with Gasteiger partial charge in [0.15, 0.2) is 0 Å². The van der Waals surface area contributed by atoms with Gasteiger partial charge < -0.3 is 14.7 Å². The number of nitrogens with zero attached hydrogens (tertiary/aromatic N) is 1. The van der Waals surface area contributed by atoms with Gasteiger partial charge in [0.05, 0.1) is 12.6 Å². The summed E-state index contributed by atoms with van der Waals surface area (Å²) in [6.45, 7) is 1.57. The van der Waals surface area contributed by atoms with E-state index in [9.17, 15) is 4.79 Å². The highest BCUT2D eigenvalue weighted by atomic mass is 16.5. The summed E-state index contributed by atoms with van der Waals surface area (Å²) in [5.41, 5.74) is 0. The van der Waals surface area contributed by atoms with Gasteiger partial charge in [0.2, 0.25) is 0 Å². The fourth-order valence-corrected chi connectivity index (χ4v) is 2.27. The molecule has 0 aliphatic carbocycles. The van der Waals surface area contributed by atoms with Crippen LogP contribution < -0.4 is 0 Å². The molecular formula is C10H17NO3. The summed E-state index contributed by atoms with van der Waals surface area (Å²) in [5, 5.41) is 9.09. The molecule has 2 fully saturated rings. The zero-order valence-corrected chi connectivity index (χ0v) is 8.32. The van der Waals surface area contributed by atoms with Gasteiger partial charge in [0.1, 0.15) is 6.10 Å². The number of aliphatic hydroxyl groups is 1. The van der Waals surface area contributed by atoms with Crippen LogP contribution in [0.2, 0.25) is 0 Å². The molecule has 0 unspecified atom stereocenters. The quantitative estimate of drug-likeness (QED) is 0.688. The third-order valence-electron chi connectivity index (χ3n) is 3.08. The summed E-state index contributed by atoms with van der Waals surface area (Å²) >= 11 is 0. The molecule has 4 heteroatoms. The molecule has 2 rings (SSSR count). The molecule has 2 heterocycles. The molecule has 80 valence electrons. The second kappa shape index (κ2) is 4.28. The summed E-state index contributed by atoms with van der Waals surface area (Å²) < 4.78 is 5.35. The normalized spacial score (nSPS) is 32.5. The maximum Gasteiger partial charge on any atom is 0.252 e. The molecule has 2 aliphatic heterocycles. The van der Waals surface area contributed by atoms with E-state index in [1.807, 2.05) is 0 Å². The molecular weight excluding hydrogens is 182 g/mol.